The molecule has 1 fully saturated rings. The summed E-state index contributed by atoms with van der Waals surface area (Å²) in [6, 6.07) is 11.5. The predicted molar refractivity (Wildman–Crippen MR) is 97.5 cm³/mol. The number of phenolic OH excluding ortho intramolecular Hbond substituents is 1. The lowest BCUT2D eigenvalue weighted by Crippen LogP contribution is -2.55. The quantitative estimate of drug-likeness (QED) is 0.538. The molecule has 2 aromatic rings. The molecule has 1 aliphatic heterocycles. The summed E-state index contributed by atoms with van der Waals surface area (Å²) in [6.07, 6.45) is -3.46. The lowest BCUT2D eigenvalue weighted by molar-refractivity contribution is -0.232. The number of hydrogen-bond acceptors (Lipinski definition) is 6. The van der Waals surface area contributed by atoms with E-state index in [1.54, 1.807) is 6.07 Å². The van der Waals surface area contributed by atoms with Crippen LogP contribution in [0, 0.1) is 0 Å². The minimum atomic E-state index is -1.48. The Hall–Kier alpha value is -1.96. The molecule has 0 bridgehead atoms. The molecule has 0 spiro atoms. The number of hydrogen-bond donors (Lipinski definition) is 5. The van der Waals surface area contributed by atoms with E-state index in [0.717, 1.165) is 18.4 Å². The molecule has 1 saturated heterocycles. The largest absolute Gasteiger partial charge is 0.508 e. The minimum Gasteiger partial charge on any atom is -0.508 e. The first-order valence-corrected chi connectivity index (χ1v) is 9.21. The lowest BCUT2D eigenvalue weighted by Gasteiger charge is -2.40. The van der Waals surface area contributed by atoms with Gasteiger partial charge < -0.3 is 30.3 Å². The zero-order valence-corrected chi connectivity index (χ0v) is 14.8. The highest BCUT2D eigenvalue weighted by Crippen LogP contribution is 2.37. The zero-order valence-electron chi connectivity index (χ0n) is 14.8. The monoisotopic (exact) mass is 372 g/mol. The van der Waals surface area contributed by atoms with E-state index in [0.29, 0.717) is 12.0 Å². The third kappa shape index (κ3) is 3.35. The first-order chi connectivity index (χ1) is 13.0. The summed E-state index contributed by atoms with van der Waals surface area (Å²) >= 11 is 0. The van der Waals surface area contributed by atoms with Gasteiger partial charge >= 0.3 is 0 Å². The number of aliphatic hydroxyl groups excluding tert-OH is 4. The van der Waals surface area contributed by atoms with E-state index in [1.807, 2.05) is 6.07 Å². The number of benzene rings is 2. The van der Waals surface area contributed by atoms with Gasteiger partial charge in [0, 0.05) is 5.56 Å². The van der Waals surface area contributed by atoms with Gasteiger partial charge in [-0.25, -0.2) is 0 Å². The van der Waals surface area contributed by atoms with Crippen LogP contribution in [0.2, 0.25) is 0 Å². The fraction of sp³-hybridized carbons (Fsp3) is 0.429. The van der Waals surface area contributed by atoms with Crippen molar-refractivity contribution < 1.29 is 30.3 Å². The standard InChI is InChI=1S/C21H24O6/c22-10-17-18(24)19(25)20(26)21(27-17)15-9-12(2-6-16(15)23)7-11-1-3-13-4-5-14(13)8-11/h1-3,6,8-9,17-26H,4-5,7,10H2/t17-,18-,19+,20-,21+/m1/s1. The van der Waals surface area contributed by atoms with Crippen LogP contribution in [0.3, 0.4) is 0 Å². The minimum absolute atomic E-state index is 0.0692. The van der Waals surface area contributed by atoms with E-state index in [9.17, 15) is 25.5 Å². The Labute approximate surface area is 157 Å². The Kier molecular flexibility index (Phi) is 4.92. The molecule has 2 aliphatic rings. The average molecular weight is 372 g/mol. The Morgan fingerprint density at radius 1 is 0.852 bits per heavy atom. The van der Waals surface area contributed by atoms with Gasteiger partial charge in [-0.3, -0.25) is 0 Å². The van der Waals surface area contributed by atoms with Crippen molar-refractivity contribution >= 4 is 0 Å². The van der Waals surface area contributed by atoms with E-state index >= 15 is 0 Å². The van der Waals surface area contributed by atoms with E-state index < -0.39 is 37.1 Å². The number of aromatic hydroxyl groups is 1. The summed E-state index contributed by atoms with van der Waals surface area (Å²) in [4.78, 5) is 0. The summed E-state index contributed by atoms with van der Waals surface area (Å²) in [5.74, 6) is -0.0692. The number of aryl methyl sites for hydroxylation is 2. The smallest absolute Gasteiger partial charge is 0.121 e. The van der Waals surface area contributed by atoms with Gasteiger partial charge in [-0.05, 0) is 53.6 Å². The molecular weight excluding hydrogens is 348 g/mol. The number of ether oxygens (including phenoxy) is 1. The van der Waals surface area contributed by atoms with E-state index in [1.165, 1.54) is 22.8 Å². The van der Waals surface area contributed by atoms with Crippen molar-refractivity contribution in [3.05, 3.63) is 64.2 Å². The van der Waals surface area contributed by atoms with Gasteiger partial charge in [-0.1, -0.05) is 24.3 Å². The SMILES string of the molecule is OC[C@H]1O[C@@H](c2cc(Cc3ccc4c(c3)CC4)ccc2O)[C@H](O)[C@@H](O)[C@@H]1O. The van der Waals surface area contributed by atoms with Crippen LogP contribution < -0.4 is 0 Å². The number of aliphatic hydroxyl groups is 4. The van der Waals surface area contributed by atoms with Crippen molar-refractivity contribution in [2.45, 2.75) is 49.8 Å². The van der Waals surface area contributed by atoms with Crippen LogP contribution in [0.15, 0.2) is 36.4 Å². The highest BCUT2D eigenvalue weighted by atomic mass is 16.5. The number of phenols is 1. The van der Waals surface area contributed by atoms with Gasteiger partial charge in [-0.2, -0.15) is 0 Å². The first kappa shape index (κ1) is 18.4. The van der Waals surface area contributed by atoms with Crippen LogP contribution in [0.4, 0.5) is 0 Å². The summed E-state index contributed by atoms with van der Waals surface area (Å²) in [5.41, 5.74) is 5.19. The molecule has 6 nitrogen and oxygen atoms in total. The molecule has 5 N–H and O–H groups in total. The van der Waals surface area contributed by atoms with Crippen LogP contribution in [-0.2, 0) is 24.0 Å². The number of fused-ring (bicyclic) bond motifs is 1. The van der Waals surface area contributed by atoms with Crippen LogP contribution in [-0.4, -0.2) is 56.6 Å². The van der Waals surface area contributed by atoms with Crippen LogP contribution in [0.1, 0.15) is 33.9 Å². The molecule has 27 heavy (non-hydrogen) atoms. The van der Waals surface area contributed by atoms with Crippen LogP contribution in [0.5, 0.6) is 5.75 Å². The topological polar surface area (TPSA) is 110 Å². The Morgan fingerprint density at radius 2 is 1.56 bits per heavy atom. The molecule has 0 radical (unpaired) electrons. The predicted octanol–water partition coefficient (Wildman–Crippen LogP) is 0.596. The molecule has 1 aliphatic carbocycles. The van der Waals surface area contributed by atoms with Gasteiger partial charge in [0.15, 0.2) is 0 Å². The van der Waals surface area contributed by atoms with Crippen LogP contribution >= 0.6 is 0 Å². The molecule has 6 heteroatoms. The summed E-state index contributed by atoms with van der Waals surface area (Å²) in [5, 5.41) is 49.9. The van der Waals surface area contributed by atoms with Gasteiger partial charge in [0.05, 0.1) is 6.61 Å². The van der Waals surface area contributed by atoms with Gasteiger partial charge in [-0.15, -0.1) is 0 Å². The van der Waals surface area contributed by atoms with Crippen molar-refractivity contribution in [1.82, 2.24) is 0 Å². The Balaban J connectivity index is 1.60. The molecule has 4 rings (SSSR count). The zero-order chi connectivity index (χ0) is 19.1. The van der Waals surface area contributed by atoms with Crippen molar-refractivity contribution in [1.29, 1.82) is 0 Å². The normalized spacial score (nSPS) is 29.9. The molecule has 0 unspecified atom stereocenters. The third-order valence-corrected chi connectivity index (χ3v) is 5.63. The molecule has 0 saturated carbocycles. The Bertz CT molecular complexity index is 833. The van der Waals surface area contributed by atoms with Gasteiger partial charge in [0.1, 0.15) is 36.3 Å². The molecule has 1 heterocycles. The second-order valence-corrected chi connectivity index (χ2v) is 7.42. The second kappa shape index (κ2) is 7.22. The second-order valence-electron chi connectivity index (χ2n) is 7.42. The molecule has 5 atom stereocenters. The molecule has 0 aromatic heterocycles. The van der Waals surface area contributed by atoms with E-state index in [2.05, 4.69) is 18.2 Å². The average Bonchev–Trinajstić information content (AvgIpc) is 2.64. The molecule has 144 valence electrons. The van der Waals surface area contributed by atoms with E-state index in [4.69, 9.17) is 4.74 Å². The van der Waals surface area contributed by atoms with Crippen molar-refractivity contribution in [2.24, 2.45) is 0 Å². The summed E-state index contributed by atoms with van der Waals surface area (Å²) in [7, 11) is 0. The maximum absolute atomic E-state index is 10.3. The van der Waals surface area contributed by atoms with Crippen molar-refractivity contribution in [2.75, 3.05) is 6.61 Å². The van der Waals surface area contributed by atoms with E-state index in [-0.39, 0.29) is 5.75 Å². The molecule has 2 aromatic carbocycles. The van der Waals surface area contributed by atoms with Gasteiger partial charge in [0.2, 0.25) is 0 Å². The van der Waals surface area contributed by atoms with Crippen molar-refractivity contribution in [3.63, 3.8) is 0 Å². The highest BCUT2D eigenvalue weighted by molar-refractivity contribution is 5.43. The van der Waals surface area contributed by atoms with Gasteiger partial charge in [0.25, 0.3) is 0 Å². The summed E-state index contributed by atoms with van der Waals surface area (Å²) in [6.45, 7) is -0.503. The number of rotatable bonds is 4. The molecular formula is C21H24O6. The summed E-state index contributed by atoms with van der Waals surface area (Å²) < 4.78 is 5.58. The third-order valence-electron chi connectivity index (χ3n) is 5.63. The lowest BCUT2D eigenvalue weighted by atomic mass is 9.86. The van der Waals surface area contributed by atoms with Crippen LogP contribution in [0.25, 0.3) is 0 Å². The highest BCUT2D eigenvalue weighted by Gasteiger charge is 2.44. The van der Waals surface area contributed by atoms with Crippen molar-refractivity contribution in [3.8, 4) is 5.75 Å². The maximum Gasteiger partial charge on any atom is 0.121 e. The maximum atomic E-state index is 10.3. The Morgan fingerprint density at radius 3 is 2.22 bits per heavy atom. The molecule has 0 amide bonds. The fourth-order valence-electron chi connectivity index (χ4n) is 3.89. The fourth-order valence-corrected chi connectivity index (χ4v) is 3.89. The first-order valence-electron chi connectivity index (χ1n) is 9.21.